The van der Waals surface area contributed by atoms with E-state index >= 15 is 0 Å². The van der Waals surface area contributed by atoms with Gasteiger partial charge in [0.2, 0.25) is 0 Å². The third-order valence-electron chi connectivity index (χ3n) is 5.83. The maximum atomic E-state index is 13.4. The van der Waals surface area contributed by atoms with Crippen molar-refractivity contribution in [1.29, 1.82) is 0 Å². The Labute approximate surface area is 174 Å². The van der Waals surface area contributed by atoms with Crippen LogP contribution in [0.3, 0.4) is 0 Å². The monoisotopic (exact) mass is 395 g/mol. The van der Waals surface area contributed by atoms with Gasteiger partial charge in [0, 0.05) is 24.2 Å². The maximum absolute atomic E-state index is 13.4. The number of fused-ring (bicyclic) bond motifs is 2. The van der Waals surface area contributed by atoms with Crippen LogP contribution in [-0.2, 0) is 13.0 Å². The second-order valence-corrected chi connectivity index (χ2v) is 7.68. The molecule has 4 heteroatoms. The molecule has 0 bridgehead atoms. The van der Waals surface area contributed by atoms with E-state index < -0.39 is 0 Å². The van der Waals surface area contributed by atoms with Crippen molar-refractivity contribution in [3.8, 4) is 11.3 Å². The van der Waals surface area contributed by atoms with Gasteiger partial charge in [-0.2, -0.15) is 0 Å². The van der Waals surface area contributed by atoms with Crippen molar-refractivity contribution in [3.05, 3.63) is 105 Å². The molecule has 1 aliphatic rings. The summed E-state index contributed by atoms with van der Waals surface area (Å²) in [6, 6.07) is 23.0. The van der Waals surface area contributed by atoms with Crippen LogP contribution >= 0.6 is 0 Å². The summed E-state index contributed by atoms with van der Waals surface area (Å²) in [6.07, 6.45) is 0.824. The van der Waals surface area contributed by atoms with Gasteiger partial charge in [-0.15, -0.1) is 0 Å². The van der Waals surface area contributed by atoms with Crippen LogP contribution in [0.1, 0.15) is 27.0 Å². The maximum Gasteiger partial charge on any atom is 0.257 e. The molecule has 148 valence electrons. The number of amides is 1. The van der Waals surface area contributed by atoms with E-state index in [0.717, 1.165) is 12.0 Å². The molecule has 0 spiro atoms. The number of benzene rings is 3. The van der Waals surface area contributed by atoms with Crippen molar-refractivity contribution in [2.45, 2.75) is 19.9 Å². The van der Waals surface area contributed by atoms with Crippen LogP contribution in [-0.4, -0.2) is 17.4 Å². The average Bonchev–Trinajstić information content (AvgIpc) is 2.80. The molecule has 2 heterocycles. The first-order valence-corrected chi connectivity index (χ1v) is 10.1. The number of carbonyl (C=O) groups is 1. The normalized spacial score (nSPS) is 13.3. The molecule has 3 aromatic carbocycles. The quantitative estimate of drug-likeness (QED) is 0.482. The zero-order chi connectivity index (χ0) is 20.7. The van der Waals surface area contributed by atoms with E-state index in [0.29, 0.717) is 40.9 Å². The summed E-state index contributed by atoms with van der Waals surface area (Å²) in [5.74, 6) is 0.401. The van der Waals surface area contributed by atoms with Crippen molar-refractivity contribution in [3.63, 3.8) is 0 Å². The third kappa shape index (κ3) is 3.01. The van der Waals surface area contributed by atoms with E-state index in [1.165, 1.54) is 11.1 Å². The summed E-state index contributed by atoms with van der Waals surface area (Å²) in [5.41, 5.74) is 4.51. The molecule has 30 heavy (non-hydrogen) atoms. The van der Waals surface area contributed by atoms with Gasteiger partial charge in [-0.3, -0.25) is 9.59 Å². The molecule has 0 saturated carbocycles. The Bertz CT molecular complexity index is 1320. The predicted molar refractivity (Wildman–Crippen MR) is 118 cm³/mol. The van der Waals surface area contributed by atoms with Crippen LogP contribution in [0.2, 0.25) is 0 Å². The van der Waals surface area contributed by atoms with Gasteiger partial charge in [-0.25, -0.2) is 0 Å². The SMILES string of the molecule is Cc1c(-c2ccccc2)oc2c(C(=O)N3CCc4ccccc4C3)cccc2c1=O. The predicted octanol–water partition coefficient (Wildman–Crippen LogP) is 4.97. The van der Waals surface area contributed by atoms with Gasteiger partial charge in [-0.1, -0.05) is 60.7 Å². The van der Waals surface area contributed by atoms with Crippen molar-refractivity contribution >= 4 is 16.9 Å². The molecule has 0 N–H and O–H groups in total. The van der Waals surface area contributed by atoms with Crippen LogP contribution in [0.15, 0.2) is 82.0 Å². The van der Waals surface area contributed by atoms with E-state index in [1.54, 1.807) is 25.1 Å². The molecular formula is C26H21NO3. The first-order valence-electron chi connectivity index (χ1n) is 10.1. The first-order chi connectivity index (χ1) is 14.6. The van der Waals surface area contributed by atoms with Gasteiger partial charge in [0.15, 0.2) is 11.0 Å². The molecule has 0 aliphatic carbocycles. The Kier molecular flexibility index (Phi) is 4.47. The Morgan fingerprint density at radius 3 is 2.43 bits per heavy atom. The number of nitrogens with zero attached hydrogens (tertiary/aromatic N) is 1. The van der Waals surface area contributed by atoms with Gasteiger partial charge in [0.05, 0.1) is 10.9 Å². The summed E-state index contributed by atoms with van der Waals surface area (Å²) in [7, 11) is 0. The van der Waals surface area contributed by atoms with Crippen molar-refractivity contribution in [2.75, 3.05) is 6.54 Å². The number of carbonyl (C=O) groups excluding carboxylic acids is 1. The molecule has 0 saturated heterocycles. The zero-order valence-corrected chi connectivity index (χ0v) is 16.7. The molecule has 1 amide bonds. The van der Waals surface area contributed by atoms with Gasteiger partial charge in [-0.05, 0) is 36.6 Å². The molecule has 0 fully saturated rings. The van der Waals surface area contributed by atoms with Crippen molar-refractivity contribution in [2.24, 2.45) is 0 Å². The van der Waals surface area contributed by atoms with E-state index in [1.807, 2.05) is 47.4 Å². The molecule has 4 nitrogen and oxygen atoms in total. The Hall–Kier alpha value is -3.66. The van der Waals surface area contributed by atoms with E-state index in [9.17, 15) is 9.59 Å². The summed E-state index contributed by atoms with van der Waals surface area (Å²) >= 11 is 0. The van der Waals surface area contributed by atoms with Crippen molar-refractivity contribution in [1.82, 2.24) is 4.90 Å². The molecule has 0 atom stereocenters. The summed E-state index contributed by atoms with van der Waals surface area (Å²) in [4.78, 5) is 28.3. The smallest absolute Gasteiger partial charge is 0.257 e. The number of hydrogen-bond donors (Lipinski definition) is 0. The Morgan fingerprint density at radius 1 is 0.900 bits per heavy atom. The van der Waals surface area contributed by atoms with Gasteiger partial charge in [0.25, 0.3) is 5.91 Å². The average molecular weight is 395 g/mol. The number of hydrogen-bond acceptors (Lipinski definition) is 3. The van der Waals surface area contributed by atoms with Gasteiger partial charge >= 0.3 is 0 Å². The second-order valence-electron chi connectivity index (χ2n) is 7.68. The topological polar surface area (TPSA) is 50.5 Å². The fourth-order valence-electron chi connectivity index (χ4n) is 4.18. The lowest BCUT2D eigenvalue weighted by atomic mass is 9.98. The standard InChI is InChI=1S/C26H21NO3/c1-17-23(28)21-12-7-13-22(25(21)30-24(17)19-9-3-2-4-10-19)26(29)27-15-14-18-8-5-6-11-20(18)16-27/h2-13H,14-16H2,1H3. The van der Waals surface area contributed by atoms with E-state index in [4.69, 9.17) is 4.42 Å². The summed E-state index contributed by atoms with van der Waals surface area (Å²) in [5, 5.41) is 0.440. The molecule has 5 rings (SSSR count). The van der Waals surface area contributed by atoms with Crippen molar-refractivity contribution < 1.29 is 9.21 Å². The summed E-state index contributed by atoms with van der Waals surface area (Å²) in [6.45, 7) is 2.98. The highest BCUT2D eigenvalue weighted by molar-refractivity contribution is 6.05. The first kappa shape index (κ1) is 18.4. The molecule has 1 aliphatic heterocycles. The van der Waals surface area contributed by atoms with Crippen LogP contribution in [0, 0.1) is 6.92 Å². The Balaban J connectivity index is 1.62. The minimum atomic E-state index is -0.110. The minimum Gasteiger partial charge on any atom is -0.455 e. The fourth-order valence-corrected chi connectivity index (χ4v) is 4.18. The summed E-state index contributed by atoms with van der Waals surface area (Å²) < 4.78 is 6.22. The Morgan fingerprint density at radius 2 is 1.63 bits per heavy atom. The second kappa shape index (κ2) is 7.30. The lowest BCUT2D eigenvalue weighted by Crippen LogP contribution is -2.36. The number of para-hydroxylation sites is 1. The number of rotatable bonds is 2. The molecule has 0 radical (unpaired) electrons. The largest absolute Gasteiger partial charge is 0.455 e. The van der Waals surface area contributed by atoms with Gasteiger partial charge in [0.1, 0.15) is 5.76 Å². The fraction of sp³-hybridized carbons (Fsp3) is 0.154. The molecule has 4 aromatic rings. The zero-order valence-electron chi connectivity index (χ0n) is 16.7. The molecule has 0 unspecified atom stereocenters. The van der Waals surface area contributed by atoms with Crippen LogP contribution in [0.4, 0.5) is 0 Å². The van der Waals surface area contributed by atoms with Gasteiger partial charge < -0.3 is 9.32 Å². The minimum absolute atomic E-state index is 0.103. The van der Waals surface area contributed by atoms with Crippen LogP contribution < -0.4 is 5.43 Å². The van der Waals surface area contributed by atoms with E-state index in [2.05, 4.69) is 12.1 Å². The van der Waals surface area contributed by atoms with E-state index in [-0.39, 0.29) is 11.3 Å². The van der Waals surface area contributed by atoms with Crippen LogP contribution in [0.25, 0.3) is 22.3 Å². The lowest BCUT2D eigenvalue weighted by Gasteiger charge is -2.29. The van der Waals surface area contributed by atoms with Crippen LogP contribution in [0.5, 0.6) is 0 Å². The lowest BCUT2D eigenvalue weighted by molar-refractivity contribution is 0.0735. The highest BCUT2D eigenvalue weighted by Crippen LogP contribution is 2.29. The molecular weight excluding hydrogens is 374 g/mol. The molecule has 1 aromatic heterocycles. The highest BCUT2D eigenvalue weighted by Gasteiger charge is 2.25. The third-order valence-corrected chi connectivity index (χ3v) is 5.83. The highest BCUT2D eigenvalue weighted by atomic mass is 16.3.